The minimum absolute atomic E-state index is 0.0919. The van der Waals surface area contributed by atoms with Crippen molar-refractivity contribution in [1.82, 2.24) is 0 Å². The van der Waals surface area contributed by atoms with Gasteiger partial charge in [-0.15, -0.1) is 0 Å². The summed E-state index contributed by atoms with van der Waals surface area (Å²) in [5.74, 6) is -0.529. The summed E-state index contributed by atoms with van der Waals surface area (Å²) in [7, 11) is 0. The molecule has 3 amide bonds. The van der Waals surface area contributed by atoms with Gasteiger partial charge in [0.05, 0.1) is 17.5 Å². The molecule has 2 saturated carbocycles. The quantitative estimate of drug-likeness (QED) is 0.830. The van der Waals surface area contributed by atoms with Crippen LogP contribution in [-0.2, 0) is 9.59 Å². The van der Waals surface area contributed by atoms with Gasteiger partial charge in [-0.1, -0.05) is 0 Å². The van der Waals surface area contributed by atoms with E-state index in [1.165, 1.54) is 29.2 Å². The summed E-state index contributed by atoms with van der Waals surface area (Å²) in [6.07, 6.45) is 3.09. The summed E-state index contributed by atoms with van der Waals surface area (Å²) in [6, 6.07) is 12.0. The maximum atomic E-state index is 13.0. The van der Waals surface area contributed by atoms with Crippen molar-refractivity contribution >= 4 is 29.1 Å². The smallest absolute Gasteiger partial charge is 0.255 e. The average molecular weight is 378 g/mol. The zero-order valence-electron chi connectivity index (χ0n) is 15.1. The van der Waals surface area contributed by atoms with Gasteiger partial charge in [-0.05, 0) is 79.6 Å². The molecule has 3 fully saturated rings. The largest absolute Gasteiger partial charge is 0.322 e. The molecule has 6 heteroatoms. The zero-order chi connectivity index (χ0) is 19.4. The van der Waals surface area contributed by atoms with Crippen LogP contribution in [-0.4, -0.2) is 17.7 Å². The molecule has 3 aliphatic rings. The minimum Gasteiger partial charge on any atom is -0.322 e. The number of fused-ring (bicyclic) bond motifs is 5. The second-order valence-electron chi connectivity index (χ2n) is 7.90. The van der Waals surface area contributed by atoms with Crippen molar-refractivity contribution in [2.24, 2.45) is 23.7 Å². The molecule has 1 aliphatic heterocycles. The van der Waals surface area contributed by atoms with Gasteiger partial charge in [0.2, 0.25) is 11.8 Å². The first-order chi connectivity index (χ1) is 13.5. The molecule has 0 spiro atoms. The third-order valence-electron chi connectivity index (χ3n) is 6.42. The Morgan fingerprint density at radius 3 is 2.04 bits per heavy atom. The van der Waals surface area contributed by atoms with Crippen LogP contribution in [0.3, 0.4) is 0 Å². The molecule has 5 rings (SSSR count). The minimum atomic E-state index is -0.375. The summed E-state index contributed by atoms with van der Waals surface area (Å²) in [6.45, 7) is 0. The lowest BCUT2D eigenvalue weighted by molar-refractivity contribution is -0.123. The molecule has 4 atom stereocenters. The second-order valence-corrected chi connectivity index (χ2v) is 7.90. The number of nitrogens with zero attached hydrogens (tertiary/aromatic N) is 1. The second kappa shape index (κ2) is 6.26. The molecule has 1 saturated heterocycles. The standard InChI is InChI=1S/C22H19FN2O3/c23-15-5-7-16(8-6-15)24-20(26)12-3-9-17(10-4-12)25-21(27)18-13-1-2-14(11-13)19(18)22(25)28/h3-10,13-14,18-19H,1-2,11H2,(H,24,26). The molecule has 2 aromatic rings. The molecule has 1 N–H and O–H groups in total. The molecule has 28 heavy (non-hydrogen) atoms. The van der Waals surface area contributed by atoms with E-state index in [4.69, 9.17) is 0 Å². The van der Waals surface area contributed by atoms with E-state index in [0.29, 0.717) is 28.8 Å². The average Bonchev–Trinajstić information content (AvgIpc) is 3.38. The molecular formula is C22H19FN2O3. The molecule has 0 radical (unpaired) electrons. The third-order valence-corrected chi connectivity index (χ3v) is 6.42. The van der Waals surface area contributed by atoms with Crippen LogP contribution in [0, 0.1) is 29.5 Å². The lowest BCUT2D eigenvalue weighted by Crippen LogP contribution is -2.32. The van der Waals surface area contributed by atoms with E-state index in [1.54, 1.807) is 24.3 Å². The number of imide groups is 1. The van der Waals surface area contributed by atoms with Gasteiger partial charge < -0.3 is 5.32 Å². The van der Waals surface area contributed by atoms with Crippen molar-refractivity contribution in [3.05, 3.63) is 59.9 Å². The van der Waals surface area contributed by atoms with Gasteiger partial charge in [-0.25, -0.2) is 4.39 Å². The first-order valence-corrected chi connectivity index (χ1v) is 9.58. The van der Waals surface area contributed by atoms with E-state index in [9.17, 15) is 18.8 Å². The molecular weight excluding hydrogens is 359 g/mol. The maximum Gasteiger partial charge on any atom is 0.255 e. The van der Waals surface area contributed by atoms with Crippen LogP contribution in [0.4, 0.5) is 15.8 Å². The lowest BCUT2D eigenvalue weighted by Gasteiger charge is -2.19. The van der Waals surface area contributed by atoms with Gasteiger partial charge >= 0.3 is 0 Å². The molecule has 142 valence electrons. The number of nitrogens with one attached hydrogen (secondary N) is 1. The van der Waals surface area contributed by atoms with Crippen molar-refractivity contribution < 1.29 is 18.8 Å². The van der Waals surface area contributed by atoms with E-state index in [0.717, 1.165) is 19.3 Å². The highest BCUT2D eigenvalue weighted by Crippen LogP contribution is 2.56. The van der Waals surface area contributed by atoms with E-state index in [-0.39, 0.29) is 35.4 Å². The molecule has 2 aliphatic carbocycles. The molecule has 5 nitrogen and oxygen atoms in total. The van der Waals surface area contributed by atoms with Crippen LogP contribution >= 0.6 is 0 Å². The topological polar surface area (TPSA) is 66.5 Å². The Labute approximate surface area is 161 Å². The van der Waals surface area contributed by atoms with Gasteiger partial charge in [-0.2, -0.15) is 0 Å². The molecule has 1 heterocycles. The summed E-state index contributed by atoms with van der Waals surface area (Å²) < 4.78 is 13.0. The van der Waals surface area contributed by atoms with Gasteiger partial charge in [0.25, 0.3) is 5.91 Å². The third kappa shape index (κ3) is 2.55. The van der Waals surface area contributed by atoms with Crippen molar-refractivity contribution in [2.75, 3.05) is 10.2 Å². The first-order valence-electron chi connectivity index (χ1n) is 9.58. The van der Waals surface area contributed by atoms with Crippen LogP contribution in [0.15, 0.2) is 48.5 Å². The number of carbonyl (C=O) groups is 3. The van der Waals surface area contributed by atoms with Gasteiger partial charge in [0, 0.05) is 11.3 Å². The predicted molar refractivity (Wildman–Crippen MR) is 101 cm³/mol. The molecule has 2 bridgehead atoms. The molecule has 4 unspecified atom stereocenters. The van der Waals surface area contributed by atoms with Crippen molar-refractivity contribution in [3.63, 3.8) is 0 Å². The zero-order valence-corrected chi connectivity index (χ0v) is 15.1. The summed E-state index contributed by atoms with van der Waals surface area (Å²) in [5, 5.41) is 2.69. The Kier molecular flexibility index (Phi) is 3.82. The Balaban J connectivity index is 1.34. The number of rotatable bonds is 3. The fraction of sp³-hybridized carbons (Fsp3) is 0.318. The number of hydrogen-bond acceptors (Lipinski definition) is 3. The summed E-state index contributed by atoms with van der Waals surface area (Å²) in [5.41, 5.74) is 1.40. The Morgan fingerprint density at radius 1 is 0.893 bits per heavy atom. The van der Waals surface area contributed by atoms with Crippen LogP contribution in [0.5, 0.6) is 0 Å². The number of carbonyl (C=O) groups excluding carboxylic acids is 3. The Morgan fingerprint density at radius 2 is 1.46 bits per heavy atom. The van der Waals surface area contributed by atoms with Crippen LogP contribution in [0.25, 0.3) is 0 Å². The number of anilines is 2. The Hall–Kier alpha value is -3.02. The predicted octanol–water partition coefficient (Wildman–Crippen LogP) is 3.61. The highest BCUT2D eigenvalue weighted by molar-refractivity contribution is 6.22. The Bertz CT molecular complexity index is 942. The first kappa shape index (κ1) is 17.1. The number of amides is 3. The highest BCUT2D eigenvalue weighted by Gasteiger charge is 2.61. The van der Waals surface area contributed by atoms with E-state index >= 15 is 0 Å². The summed E-state index contributed by atoms with van der Waals surface area (Å²) in [4.78, 5) is 39.4. The van der Waals surface area contributed by atoms with Crippen molar-refractivity contribution in [3.8, 4) is 0 Å². The van der Waals surface area contributed by atoms with Crippen LogP contribution < -0.4 is 10.2 Å². The van der Waals surface area contributed by atoms with Gasteiger partial charge in [-0.3, -0.25) is 19.3 Å². The van der Waals surface area contributed by atoms with Gasteiger partial charge in [0.1, 0.15) is 5.82 Å². The number of halogens is 1. The molecule has 0 aromatic heterocycles. The summed E-state index contributed by atoms with van der Waals surface area (Å²) >= 11 is 0. The van der Waals surface area contributed by atoms with Gasteiger partial charge in [0.15, 0.2) is 0 Å². The van der Waals surface area contributed by atoms with Crippen LogP contribution in [0.2, 0.25) is 0 Å². The normalized spacial score (nSPS) is 28.0. The number of hydrogen-bond donors (Lipinski definition) is 1. The van der Waals surface area contributed by atoms with Crippen molar-refractivity contribution in [2.45, 2.75) is 19.3 Å². The fourth-order valence-corrected chi connectivity index (χ4v) is 5.16. The monoisotopic (exact) mass is 378 g/mol. The molecule has 2 aromatic carbocycles. The van der Waals surface area contributed by atoms with E-state index in [1.807, 2.05) is 0 Å². The fourth-order valence-electron chi connectivity index (χ4n) is 5.16. The maximum absolute atomic E-state index is 13.0. The van der Waals surface area contributed by atoms with Crippen LogP contribution in [0.1, 0.15) is 29.6 Å². The lowest BCUT2D eigenvalue weighted by atomic mass is 9.81. The highest BCUT2D eigenvalue weighted by atomic mass is 19.1. The van der Waals surface area contributed by atoms with E-state index < -0.39 is 0 Å². The number of benzene rings is 2. The SMILES string of the molecule is O=C(Nc1ccc(F)cc1)c1ccc(N2C(=O)C3C4CCC(C4)C3C2=O)cc1. The van der Waals surface area contributed by atoms with Crippen molar-refractivity contribution in [1.29, 1.82) is 0 Å². The van der Waals surface area contributed by atoms with E-state index in [2.05, 4.69) is 5.32 Å².